The summed E-state index contributed by atoms with van der Waals surface area (Å²) in [6, 6.07) is 0. The van der Waals surface area contributed by atoms with Crippen molar-refractivity contribution in [1.29, 1.82) is 0 Å². The van der Waals surface area contributed by atoms with Crippen molar-refractivity contribution in [1.82, 2.24) is 0 Å². The van der Waals surface area contributed by atoms with Gasteiger partial charge in [-0.2, -0.15) is 0 Å². The predicted octanol–water partition coefficient (Wildman–Crippen LogP) is 3.29. The standard InChI is InChI=1S/C9H16OS2/c1-8(10)4-2-3-5-9-6-7-11-12-9/h9H,2-7H2,1H3/t9-/m0/s1. The Morgan fingerprint density at radius 2 is 2.33 bits per heavy atom. The van der Waals surface area contributed by atoms with Gasteiger partial charge in [-0.25, -0.2) is 0 Å². The van der Waals surface area contributed by atoms with Gasteiger partial charge in [0.05, 0.1) is 0 Å². The highest BCUT2D eigenvalue weighted by Crippen LogP contribution is 2.39. The Kier molecular flexibility index (Phi) is 5.16. The van der Waals surface area contributed by atoms with Gasteiger partial charge in [-0.1, -0.05) is 28.0 Å². The SMILES string of the molecule is CC(=O)CCCC[C@H]1CCSS1. The van der Waals surface area contributed by atoms with E-state index in [2.05, 4.69) is 0 Å². The van der Waals surface area contributed by atoms with Crippen molar-refractivity contribution >= 4 is 27.4 Å². The summed E-state index contributed by atoms with van der Waals surface area (Å²) >= 11 is 0. The van der Waals surface area contributed by atoms with Crippen LogP contribution in [0, 0.1) is 0 Å². The largest absolute Gasteiger partial charge is 0.300 e. The summed E-state index contributed by atoms with van der Waals surface area (Å²) in [7, 11) is 4.03. The van der Waals surface area contributed by atoms with Gasteiger partial charge in [-0.05, 0) is 26.2 Å². The average Bonchev–Trinajstić information content (AvgIpc) is 2.49. The van der Waals surface area contributed by atoms with Crippen LogP contribution in [0.15, 0.2) is 0 Å². The van der Waals surface area contributed by atoms with Crippen LogP contribution >= 0.6 is 21.6 Å². The summed E-state index contributed by atoms with van der Waals surface area (Å²) in [5.41, 5.74) is 0. The maximum atomic E-state index is 10.6. The van der Waals surface area contributed by atoms with Crippen molar-refractivity contribution < 1.29 is 4.79 Å². The molecule has 0 aromatic carbocycles. The van der Waals surface area contributed by atoms with Crippen LogP contribution in [0.2, 0.25) is 0 Å². The summed E-state index contributed by atoms with van der Waals surface area (Å²) in [4.78, 5) is 10.6. The molecule has 0 aromatic rings. The molecule has 1 saturated heterocycles. The Labute approximate surface area is 82.5 Å². The van der Waals surface area contributed by atoms with Gasteiger partial charge in [-0.3, -0.25) is 0 Å². The van der Waals surface area contributed by atoms with Crippen LogP contribution in [0.4, 0.5) is 0 Å². The van der Waals surface area contributed by atoms with E-state index in [-0.39, 0.29) is 0 Å². The molecule has 12 heavy (non-hydrogen) atoms. The second kappa shape index (κ2) is 5.92. The smallest absolute Gasteiger partial charge is 0.129 e. The van der Waals surface area contributed by atoms with Gasteiger partial charge in [-0.15, -0.1) is 0 Å². The molecule has 0 spiro atoms. The summed E-state index contributed by atoms with van der Waals surface area (Å²) in [5, 5.41) is 0.877. The molecule has 0 unspecified atom stereocenters. The van der Waals surface area contributed by atoms with E-state index in [4.69, 9.17) is 0 Å². The summed E-state index contributed by atoms with van der Waals surface area (Å²) in [5.74, 6) is 1.66. The first-order chi connectivity index (χ1) is 5.79. The minimum absolute atomic E-state index is 0.337. The zero-order chi connectivity index (χ0) is 8.81. The topological polar surface area (TPSA) is 17.1 Å². The quantitative estimate of drug-likeness (QED) is 0.505. The lowest BCUT2D eigenvalue weighted by molar-refractivity contribution is -0.117. The van der Waals surface area contributed by atoms with Crippen molar-refractivity contribution in [2.75, 3.05) is 5.75 Å². The van der Waals surface area contributed by atoms with Gasteiger partial charge in [0.1, 0.15) is 5.78 Å². The highest BCUT2D eigenvalue weighted by atomic mass is 33.1. The average molecular weight is 204 g/mol. The van der Waals surface area contributed by atoms with E-state index < -0.39 is 0 Å². The first-order valence-electron chi connectivity index (χ1n) is 4.57. The van der Waals surface area contributed by atoms with Crippen LogP contribution < -0.4 is 0 Å². The number of rotatable bonds is 5. The Morgan fingerprint density at radius 1 is 1.50 bits per heavy atom. The Bertz CT molecular complexity index is 141. The summed E-state index contributed by atoms with van der Waals surface area (Å²) in [6.07, 6.45) is 5.79. The van der Waals surface area contributed by atoms with Crippen molar-refractivity contribution in [3.63, 3.8) is 0 Å². The monoisotopic (exact) mass is 204 g/mol. The third-order valence-electron chi connectivity index (χ3n) is 2.03. The maximum Gasteiger partial charge on any atom is 0.129 e. The number of ketones is 1. The summed E-state index contributed by atoms with van der Waals surface area (Å²) < 4.78 is 0. The molecule has 0 bridgehead atoms. The lowest BCUT2D eigenvalue weighted by Crippen LogP contribution is -1.98. The highest BCUT2D eigenvalue weighted by molar-refractivity contribution is 8.77. The molecular weight excluding hydrogens is 188 g/mol. The molecule has 3 heteroatoms. The van der Waals surface area contributed by atoms with E-state index in [0.717, 1.165) is 18.1 Å². The van der Waals surface area contributed by atoms with E-state index in [0.29, 0.717) is 5.78 Å². The maximum absolute atomic E-state index is 10.6. The zero-order valence-electron chi connectivity index (χ0n) is 7.54. The third-order valence-corrected chi connectivity index (χ3v) is 5.04. The molecule has 0 N–H and O–H groups in total. The number of hydrogen-bond acceptors (Lipinski definition) is 3. The van der Waals surface area contributed by atoms with Crippen LogP contribution in [0.3, 0.4) is 0 Å². The highest BCUT2D eigenvalue weighted by Gasteiger charge is 2.15. The molecule has 1 fully saturated rings. The van der Waals surface area contributed by atoms with E-state index in [1.165, 1.54) is 25.0 Å². The van der Waals surface area contributed by atoms with Gasteiger partial charge >= 0.3 is 0 Å². The molecule has 1 rings (SSSR count). The predicted molar refractivity (Wildman–Crippen MR) is 57.6 cm³/mol. The van der Waals surface area contributed by atoms with Crippen molar-refractivity contribution in [2.45, 2.75) is 44.3 Å². The lowest BCUT2D eigenvalue weighted by Gasteiger charge is -2.05. The Balaban J connectivity index is 1.91. The lowest BCUT2D eigenvalue weighted by atomic mass is 10.1. The normalized spacial score (nSPS) is 22.9. The van der Waals surface area contributed by atoms with Gasteiger partial charge < -0.3 is 4.79 Å². The van der Waals surface area contributed by atoms with Gasteiger partial charge in [0.15, 0.2) is 0 Å². The number of hydrogen-bond donors (Lipinski definition) is 0. The van der Waals surface area contributed by atoms with Crippen molar-refractivity contribution in [2.24, 2.45) is 0 Å². The third kappa shape index (κ3) is 4.41. The molecule has 0 saturated carbocycles. The fourth-order valence-electron chi connectivity index (χ4n) is 1.31. The van der Waals surface area contributed by atoms with E-state index in [1.54, 1.807) is 6.92 Å². The summed E-state index contributed by atoms with van der Waals surface area (Å²) in [6.45, 7) is 1.68. The first-order valence-corrected chi connectivity index (χ1v) is 6.95. The van der Waals surface area contributed by atoms with Crippen molar-refractivity contribution in [3.8, 4) is 0 Å². The second-order valence-electron chi connectivity index (χ2n) is 3.28. The van der Waals surface area contributed by atoms with Crippen LogP contribution in [0.25, 0.3) is 0 Å². The van der Waals surface area contributed by atoms with Gasteiger partial charge in [0.25, 0.3) is 0 Å². The molecule has 0 amide bonds. The van der Waals surface area contributed by atoms with Crippen LogP contribution in [-0.2, 0) is 4.79 Å². The molecule has 1 aliphatic rings. The number of carbonyl (C=O) groups is 1. The van der Waals surface area contributed by atoms with E-state index in [1.807, 2.05) is 21.6 Å². The number of unbranched alkanes of at least 4 members (excludes halogenated alkanes) is 1. The molecule has 1 nitrogen and oxygen atoms in total. The second-order valence-corrected chi connectivity index (χ2v) is 6.06. The van der Waals surface area contributed by atoms with Crippen LogP contribution in [0.1, 0.15) is 39.0 Å². The molecular formula is C9H16OS2. The Morgan fingerprint density at radius 3 is 2.92 bits per heavy atom. The fraction of sp³-hybridized carbons (Fsp3) is 0.889. The molecule has 0 radical (unpaired) electrons. The van der Waals surface area contributed by atoms with Gasteiger partial charge in [0.2, 0.25) is 0 Å². The zero-order valence-corrected chi connectivity index (χ0v) is 9.18. The minimum Gasteiger partial charge on any atom is -0.300 e. The molecule has 1 atom stereocenters. The van der Waals surface area contributed by atoms with E-state index >= 15 is 0 Å². The number of Topliss-reactive ketones (excluding diaryl/α,β-unsaturated/α-hetero) is 1. The fourth-order valence-corrected chi connectivity index (χ4v) is 4.34. The molecule has 0 aromatic heterocycles. The van der Waals surface area contributed by atoms with Crippen LogP contribution in [0.5, 0.6) is 0 Å². The first kappa shape index (κ1) is 10.5. The molecule has 1 heterocycles. The Hall–Kier alpha value is 0.370. The van der Waals surface area contributed by atoms with Crippen molar-refractivity contribution in [3.05, 3.63) is 0 Å². The molecule has 70 valence electrons. The minimum atomic E-state index is 0.337. The van der Waals surface area contributed by atoms with Crippen LogP contribution in [-0.4, -0.2) is 16.8 Å². The van der Waals surface area contributed by atoms with Gasteiger partial charge in [0, 0.05) is 17.4 Å². The van der Waals surface area contributed by atoms with E-state index in [9.17, 15) is 4.79 Å². The number of carbonyl (C=O) groups excluding carboxylic acids is 1. The molecule has 0 aliphatic carbocycles. The molecule has 1 aliphatic heterocycles.